The fourth-order valence-electron chi connectivity index (χ4n) is 1.07. The summed E-state index contributed by atoms with van der Waals surface area (Å²) in [7, 11) is 1.40. The SMILES string of the molecule is C=C(C)c1ccc(Cl)c(F)c1OC. The third kappa shape index (κ3) is 1.83. The van der Waals surface area contributed by atoms with Crippen LogP contribution in [-0.4, -0.2) is 7.11 Å². The van der Waals surface area contributed by atoms with E-state index in [-0.39, 0.29) is 10.8 Å². The van der Waals surface area contributed by atoms with Gasteiger partial charge in [-0.1, -0.05) is 18.2 Å². The highest BCUT2D eigenvalue weighted by molar-refractivity contribution is 6.31. The van der Waals surface area contributed by atoms with E-state index in [0.29, 0.717) is 5.56 Å². The van der Waals surface area contributed by atoms with E-state index in [9.17, 15) is 4.39 Å². The molecule has 0 saturated carbocycles. The fourth-order valence-corrected chi connectivity index (χ4v) is 1.22. The molecule has 1 aromatic rings. The normalized spacial score (nSPS) is 9.85. The van der Waals surface area contributed by atoms with Crippen LogP contribution in [-0.2, 0) is 0 Å². The predicted octanol–water partition coefficient (Wildman–Crippen LogP) is 3.52. The average molecular weight is 201 g/mol. The van der Waals surface area contributed by atoms with Gasteiger partial charge >= 0.3 is 0 Å². The van der Waals surface area contributed by atoms with Gasteiger partial charge in [0.25, 0.3) is 0 Å². The Labute approximate surface area is 81.8 Å². The summed E-state index contributed by atoms with van der Waals surface area (Å²) in [5.41, 5.74) is 1.39. The van der Waals surface area contributed by atoms with Crippen LogP contribution in [0.25, 0.3) is 5.57 Å². The van der Waals surface area contributed by atoms with Gasteiger partial charge in [0, 0.05) is 5.56 Å². The third-order valence-corrected chi connectivity index (χ3v) is 2.01. The van der Waals surface area contributed by atoms with Gasteiger partial charge in [-0.3, -0.25) is 0 Å². The van der Waals surface area contributed by atoms with Crippen LogP contribution < -0.4 is 4.74 Å². The number of hydrogen-bond acceptors (Lipinski definition) is 1. The summed E-state index contributed by atoms with van der Waals surface area (Å²) in [6.07, 6.45) is 0. The summed E-state index contributed by atoms with van der Waals surface area (Å²) < 4.78 is 18.2. The summed E-state index contributed by atoms with van der Waals surface area (Å²) in [5.74, 6) is -0.385. The summed E-state index contributed by atoms with van der Waals surface area (Å²) in [6, 6.07) is 3.18. The molecule has 1 nitrogen and oxygen atoms in total. The van der Waals surface area contributed by atoms with Crippen LogP contribution in [0.4, 0.5) is 4.39 Å². The largest absolute Gasteiger partial charge is 0.493 e. The molecule has 0 saturated heterocycles. The van der Waals surface area contributed by atoms with Crippen LogP contribution in [0.1, 0.15) is 12.5 Å². The van der Waals surface area contributed by atoms with Crippen molar-refractivity contribution in [2.24, 2.45) is 0 Å². The van der Waals surface area contributed by atoms with Gasteiger partial charge in [0.1, 0.15) is 0 Å². The molecule has 70 valence electrons. The maximum atomic E-state index is 13.3. The second-order valence-corrected chi connectivity index (χ2v) is 3.13. The molecule has 0 aliphatic rings. The van der Waals surface area contributed by atoms with E-state index in [1.165, 1.54) is 13.2 Å². The number of rotatable bonds is 2. The first kappa shape index (κ1) is 10.1. The van der Waals surface area contributed by atoms with Crippen molar-refractivity contribution in [2.75, 3.05) is 7.11 Å². The van der Waals surface area contributed by atoms with E-state index < -0.39 is 5.82 Å². The molecular weight excluding hydrogens is 191 g/mol. The van der Waals surface area contributed by atoms with Gasteiger partial charge in [0.05, 0.1) is 12.1 Å². The molecule has 1 rings (SSSR count). The highest BCUT2D eigenvalue weighted by Crippen LogP contribution is 2.31. The Morgan fingerprint density at radius 2 is 2.15 bits per heavy atom. The second kappa shape index (κ2) is 3.79. The van der Waals surface area contributed by atoms with Gasteiger partial charge in [-0.15, -0.1) is 0 Å². The fraction of sp³-hybridized carbons (Fsp3) is 0.200. The molecule has 0 bridgehead atoms. The Bertz CT molecular complexity index is 347. The molecule has 3 heteroatoms. The molecule has 0 fully saturated rings. The zero-order valence-corrected chi connectivity index (χ0v) is 8.28. The van der Waals surface area contributed by atoms with Crippen molar-refractivity contribution >= 4 is 17.2 Å². The molecule has 0 unspecified atom stereocenters. The molecule has 0 radical (unpaired) electrons. The Morgan fingerprint density at radius 1 is 1.54 bits per heavy atom. The van der Waals surface area contributed by atoms with E-state index in [0.717, 1.165) is 5.57 Å². The zero-order valence-electron chi connectivity index (χ0n) is 7.53. The van der Waals surface area contributed by atoms with Crippen LogP contribution in [0.15, 0.2) is 18.7 Å². The van der Waals surface area contributed by atoms with Gasteiger partial charge in [-0.05, 0) is 24.6 Å². The summed E-state index contributed by atoms with van der Waals surface area (Å²) in [4.78, 5) is 0. The van der Waals surface area contributed by atoms with Gasteiger partial charge in [-0.2, -0.15) is 0 Å². The van der Waals surface area contributed by atoms with Crippen molar-refractivity contribution in [3.63, 3.8) is 0 Å². The molecule has 0 atom stereocenters. The minimum Gasteiger partial charge on any atom is -0.493 e. The van der Waals surface area contributed by atoms with Crippen LogP contribution in [0.5, 0.6) is 5.75 Å². The highest BCUT2D eigenvalue weighted by atomic mass is 35.5. The number of ether oxygens (including phenoxy) is 1. The zero-order chi connectivity index (χ0) is 10.0. The topological polar surface area (TPSA) is 9.23 Å². The molecule has 13 heavy (non-hydrogen) atoms. The van der Waals surface area contributed by atoms with Gasteiger partial charge in [0.2, 0.25) is 0 Å². The van der Waals surface area contributed by atoms with E-state index in [4.69, 9.17) is 16.3 Å². The van der Waals surface area contributed by atoms with Crippen molar-refractivity contribution < 1.29 is 9.13 Å². The lowest BCUT2D eigenvalue weighted by Crippen LogP contribution is -1.94. The molecule has 0 N–H and O–H groups in total. The van der Waals surface area contributed by atoms with Gasteiger partial charge in [0.15, 0.2) is 11.6 Å². The molecule has 0 spiro atoms. The van der Waals surface area contributed by atoms with Crippen molar-refractivity contribution in [3.05, 3.63) is 35.1 Å². The number of hydrogen-bond donors (Lipinski definition) is 0. The van der Waals surface area contributed by atoms with Crippen molar-refractivity contribution in [1.82, 2.24) is 0 Å². The van der Waals surface area contributed by atoms with E-state index in [1.807, 2.05) is 0 Å². The van der Waals surface area contributed by atoms with Crippen molar-refractivity contribution in [2.45, 2.75) is 6.92 Å². The Hall–Kier alpha value is -1.02. The predicted molar refractivity (Wildman–Crippen MR) is 52.7 cm³/mol. The van der Waals surface area contributed by atoms with Crippen molar-refractivity contribution in [1.29, 1.82) is 0 Å². The first-order valence-electron chi connectivity index (χ1n) is 3.75. The first-order valence-corrected chi connectivity index (χ1v) is 4.13. The standard InChI is InChI=1S/C10H10ClFO/c1-6(2)7-4-5-8(11)9(12)10(7)13-3/h4-5H,1H2,2-3H3. The second-order valence-electron chi connectivity index (χ2n) is 2.72. The molecule has 0 aliphatic carbocycles. The minimum absolute atomic E-state index is 0.0573. The minimum atomic E-state index is -0.537. The molecule has 1 aromatic carbocycles. The summed E-state index contributed by atoms with van der Waals surface area (Å²) in [6.45, 7) is 5.50. The smallest absolute Gasteiger partial charge is 0.184 e. The lowest BCUT2D eigenvalue weighted by atomic mass is 10.1. The Morgan fingerprint density at radius 3 is 2.62 bits per heavy atom. The lowest BCUT2D eigenvalue weighted by molar-refractivity contribution is 0.385. The molecule has 0 aliphatic heterocycles. The molecule has 0 aromatic heterocycles. The Balaban J connectivity index is 3.38. The number of methoxy groups -OCH3 is 1. The summed E-state index contributed by atoms with van der Waals surface area (Å²) >= 11 is 5.58. The van der Waals surface area contributed by atoms with Crippen LogP contribution in [0.3, 0.4) is 0 Å². The third-order valence-electron chi connectivity index (χ3n) is 1.71. The van der Waals surface area contributed by atoms with Crippen LogP contribution in [0.2, 0.25) is 5.02 Å². The maximum absolute atomic E-state index is 13.3. The van der Waals surface area contributed by atoms with Gasteiger partial charge in [-0.25, -0.2) is 4.39 Å². The van der Waals surface area contributed by atoms with E-state index >= 15 is 0 Å². The monoisotopic (exact) mass is 200 g/mol. The van der Waals surface area contributed by atoms with Crippen LogP contribution in [0, 0.1) is 5.82 Å². The molecule has 0 amide bonds. The molecular formula is C10H10ClFO. The lowest BCUT2D eigenvalue weighted by Gasteiger charge is -2.09. The average Bonchev–Trinajstić information content (AvgIpc) is 2.09. The highest BCUT2D eigenvalue weighted by Gasteiger charge is 2.12. The summed E-state index contributed by atoms with van der Waals surface area (Å²) in [5, 5.41) is 0.0573. The number of halogens is 2. The first-order chi connectivity index (χ1) is 6.07. The van der Waals surface area contributed by atoms with Gasteiger partial charge < -0.3 is 4.74 Å². The Kier molecular flexibility index (Phi) is 2.94. The van der Waals surface area contributed by atoms with Crippen LogP contribution >= 0.6 is 11.6 Å². The number of benzene rings is 1. The quantitative estimate of drug-likeness (QED) is 0.710. The molecule has 0 heterocycles. The van der Waals surface area contributed by atoms with Crippen molar-refractivity contribution in [3.8, 4) is 5.75 Å². The van der Waals surface area contributed by atoms with E-state index in [1.54, 1.807) is 13.0 Å². The maximum Gasteiger partial charge on any atom is 0.184 e. The van der Waals surface area contributed by atoms with E-state index in [2.05, 4.69) is 6.58 Å². The number of allylic oxidation sites excluding steroid dienone is 1.